The highest BCUT2D eigenvalue weighted by Crippen LogP contribution is 2.14. The molecule has 0 aliphatic rings. The van der Waals surface area contributed by atoms with Crippen LogP contribution in [0.3, 0.4) is 0 Å². The molecule has 0 bridgehead atoms. The van der Waals surface area contributed by atoms with Crippen molar-refractivity contribution in [1.82, 2.24) is 5.43 Å². The zero-order chi connectivity index (χ0) is 21.3. The first-order valence-electron chi connectivity index (χ1n) is 8.87. The second kappa shape index (κ2) is 10.3. The van der Waals surface area contributed by atoms with E-state index in [0.29, 0.717) is 11.3 Å². The van der Waals surface area contributed by atoms with Crippen LogP contribution in [0, 0.1) is 5.82 Å². The van der Waals surface area contributed by atoms with Crippen LogP contribution in [0.2, 0.25) is 0 Å². The highest BCUT2D eigenvalue weighted by Gasteiger charge is 2.07. The van der Waals surface area contributed by atoms with E-state index in [1.165, 1.54) is 18.3 Å². The lowest BCUT2D eigenvalue weighted by atomic mass is 10.2. The predicted octanol–water partition coefficient (Wildman–Crippen LogP) is 4.37. The molecule has 0 saturated carbocycles. The van der Waals surface area contributed by atoms with E-state index in [1.54, 1.807) is 60.7 Å². The standard InChI is InChI=1S/C22H17BrFN3O3/c23-17-9-7-16(8-10-17)22(29)27-25-13-15-5-11-18(12-6-15)30-14-21(28)26-20-4-2-1-3-19(20)24/h1-13H,14H2,(H,26,28)(H,27,29)/b25-13+. The number of benzene rings is 3. The summed E-state index contributed by atoms with van der Waals surface area (Å²) in [5.41, 5.74) is 3.77. The van der Waals surface area contributed by atoms with Crippen molar-refractivity contribution in [2.24, 2.45) is 5.10 Å². The predicted molar refractivity (Wildman–Crippen MR) is 116 cm³/mol. The van der Waals surface area contributed by atoms with Gasteiger partial charge in [0.05, 0.1) is 11.9 Å². The van der Waals surface area contributed by atoms with E-state index in [-0.39, 0.29) is 18.2 Å². The average Bonchev–Trinajstić information content (AvgIpc) is 2.75. The number of hydrogen-bond acceptors (Lipinski definition) is 4. The molecule has 2 N–H and O–H groups in total. The quantitative estimate of drug-likeness (QED) is 0.398. The maximum absolute atomic E-state index is 13.5. The first-order chi connectivity index (χ1) is 14.5. The lowest BCUT2D eigenvalue weighted by molar-refractivity contribution is -0.118. The van der Waals surface area contributed by atoms with Gasteiger partial charge >= 0.3 is 0 Å². The minimum atomic E-state index is -0.512. The molecule has 152 valence electrons. The maximum atomic E-state index is 13.5. The lowest BCUT2D eigenvalue weighted by Gasteiger charge is -2.08. The minimum Gasteiger partial charge on any atom is -0.484 e. The summed E-state index contributed by atoms with van der Waals surface area (Å²) in [6, 6.07) is 19.6. The van der Waals surface area contributed by atoms with E-state index < -0.39 is 11.7 Å². The molecule has 2 amide bonds. The molecule has 0 saturated heterocycles. The number of hydrazone groups is 1. The van der Waals surface area contributed by atoms with Crippen molar-refractivity contribution in [1.29, 1.82) is 0 Å². The van der Waals surface area contributed by atoms with Crippen LogP contribution in [0.25, 0.3) is 0 Å². The summed E-state index contributed by atoms with van der Waals surface area (Å²) in [7, 11) is 0. The molecule has 0 aliphatic heterocycles. The average molecular weight is 470 g/mol. The van der Waals surface area contributed by atoms with Crippen molar-refractivity contribution in [3.63, 3.8) is 0 Å². The Hall–Kier alpha value is -3.52. The molecular weight excluding hydrogens is 453 g/mol. The molecule has 3 aromatic carbocycles. The van der Waals surface area contributed by atoms with Gasteiger partial charge in [0.25, 0.3) is 11.8 Å². The summed E-state index contributed by atoms with van der Waals surface area (Å²) in [6.07, 6.45) is 1.49. The molecule has 0 fully saturated rings. The summed E-state index contributed by atoms with van der Waals surface area (Å²) in [5.74, 6) is -0.836. The van der Waals surface area contributed by atoms with E-state index >= 15 is 0 Å². The number of nitrogens with zero attached hydrogens (tertiary/aromatic N) is 1. The largest absolute Gasteiger partial charge is 0.484 e. The fraction of sp³-hybridized carbons (Fsp3) is 0.0455. The van der Waals surface area contributed by atoms with E-state index in [1.807, 2.05) is 0 Å². The number of hydrogen-bond donors (Lipinski definition) is 2. The Balaban J connectivity index is 1.47. The second-order valence-electron chi connectivity index (χ2n) is 6.09. The number of amides is 2. The van der Waals surface area contributed by atoms with Crippen LogP contribution >= 0.6 is 15.9 Å². The van der Waals surface area contributed by atoms with Gasteiger partial charge in [0.15, 0.2) is 6.61 Å². The van der Waals surface area contributed by atoms with Crippen LogP contribution in [0.5, 0.6) is 5.75 Å². The normalized spacial score (nSPS) is 10.6. The Bertz CT molecular complexity index is 1050. The number of carbonyl (C=O) groups excluding carboxylic acids is 2. The maximum Gasteiger partial charge on any atom is 0.271 e. The molecule has 0 spiro atoms. The number of para-hydroxylation sites is 1. The molecule has 30 heavy (non-hydrogen) atoms. The highest BCUT2D eigenvalue weighted by molar-refractivity contribution is 9.10. The third-order valence-electron chi connectivity index (χ3n) is 3.88. The van der Waals surface area contributed by atoms with Crippen molar-refractivity contribution in [3.8, 4) is 5.75 Å². The van der Waals surface area contributed by atoms with Crippen molar-refractivity contribution < 1.29 is 18.7 Å². The van der Waals surface area contributed by atoms with Gasteiger partial charge in [0, 0.05) is 10.0 Å². The van der Waals surface area contributed by atoms with Crippen LogP contribution in [0.1, 0.15) is 15.9 Å². The lowest BCUT2D eigenvalue weighted by Crippen LogP contribution is -2.20. The number of rotatable bonds is 7. The van der Waals surface area contributed by atoms with E-state index in [9.17, 15) is 14.0 Å². The van der Waals surface area contributed by atoms with Crippen LogP contribution in [-0.4, -0.2) is 24.6 Å². The van der Waals surface area contributed by atoms with Gasteiger partial charge in [-0.25, -0.2) is 9.82 Å². The zero-order valence-electron chi connectivity index (χ0n) is 15.6. The summed E-state index contributed by atoms with van der Waals surface area (Å²) < 4.78 is 19.8. The fourth-order valence-corrected chi connectivity index (χ4v) is 2.64. The van der Waals surface area contributed by atoms with E-state index in [2.05, 4.69) is 31.8 Å². The Morgan fingerprint density at radius 1 is 1.00 bits per heavy atom. The number of halogens is 2. The third-order valence-corrected chi connectivity index (χ3v) is 4.41. The third kappa shape index (κ3) is 6.25. The molecule has 3 rings (SSSR count). The van der Waals surface area contributed by atoms with Gasteiger partial charge in [-0.2, -0.15) is 5.10 Å². The first-order valence-corrected chi connectivity index (χ1v) is 9.67. The minimum absolute atomic E-state index is 0.0999. The van der Waals surface area contributed by atoms with Crippen LogP contribution in [-0.2, 0) is 4.79 Å². The molecule has 0 aliphatic carbocycles. The summed E-state index contributed by atoms with van der Waals surface area (Å²) in [6.45, 7) is -0.259. The monoisotopic (exact) mass is 469 g/mol. The molecule has 0 atom stereocenters. The van der Waals surface area contributed by atoms with Gasteiger partial charge in [-0.1, -0.05) is 28.1 Å². The van der Waals surface area contributed by atoms with Gasteiger partial charge < -0.3 is 10.1 Å². The number of ether oxygens (including phenoxy) is 1. The molecule has 0 unspecified atom stereocenters. The van der Waals surface area contributed by atoms with Gasteiger partial charge in [-0.15, -0.1) is 0 Å². The number of carbonyl (C=O) groups is 2. The molecule has 3 aromatic rings. The highest BCUT2D eigenvalue weighted by atomic mass is 79.9. The van der Waals surface area contributed by atoms with Crippen LogP contribution in [0.15, 0.2) is 82.4 Å². The summed E-state index contributed by atoms with van der Waals surface area (Å²) >= 11 is 3.31. The van der Waals surface area contributed by atoms with Crippen molar-refractivity contribution in [2.75, 3.05) is 11.9 Å². The molecule has 6 nitrogen and oxygen atoms in total. The fourth-order valence-electron chi connectivity index (χ4n) is 2.38. The summed E-state index contributed by atoms with van der Waals surface area (Å²) in [4.78, 5) is 23.9. The molecular formula is C22H17BrFN3O3. The Morgan fingerprint density at radius 3 is 2.40 bits per heavy atom. The first kappa shape index (κ1) is 21.2. The van der Waals surface area contributed by atoms with Crippen LogP contribution < -0.4 is 15.5 Å². The number of anilines is 1. The SMILES string of the molecule is O=C(COc1ccc(/C=N/NC(=O)c2ccc(Br)cc2)cc1)Nc1ccccc1F. The Kier molecular flexibility index (Phi) is 7.29. The molecule has 0 aromatic heterocycles. The zero-order valence-corrected chi connectivity index (χ0v) is 17.2. The van der Waals surface area contributed by atoms with E-state index in [0.717, 1.165) is 10.0 Å². The smallest absolute Gasteiger partial charge is 0.271 e. The van der Waals surface area contributed by atoms with Gasteiger partial charge in [0.2, 0.25) is 0 Å². The van der Waals surface area contributed by atoms with Gasteiger partial charge in [0.1, 0.15) is 11.6 Å². The van der Waals surface area contributed by atoms with Gasteiger partial charge in [-0.05, 0) is 66.2 Å². The molecule has 0 radical (unpaired) electrons. The van der Waals surface area contributed by atoms with Crippen LogP contribution in [0.4, 0.5) is 10.1 Å². The molecule has 8 heteroatoms. The van der Waals surface area contributed by atoms with Crippen molar-refractivity contribution in [3.05, 3.63) is 94.2 Å². The number of nitrogens with one attached hydrogen (secondary N) is 2. The van der Waals surface area contributed by atoms with Crippen molar-refractivity contribution in [2.45, 2.75) is 0 Å². The summed E-state index contributed by atoms with van der Waals surface area (Å²) in [5, 5.41) is 6.37. The topological polar surface area (TPSA) is 79.8 Å². The van der Waals surface area contributed by atoms with Gasteiger partial charge in [-0.3, -0.25) is 9.59 Å². The Labute approximate surface area is 180 Å². The molecule has 0 heterocycles. The second-order valence-corrected chi connectivity index (χ2v) is 7.01. The Morgan fingerprint density at radius 2 is 1.70 bits per heavy atom. The van der Waals surface area contributed by atoms with Crippen molar-refractivity contribution >= 4 is 39.6 Å². The van der Waals surface area contributed by atoms with E-state index in [4.69, 9.17) is 4.74 Å².